The minimum atomic E-state index is -0.523. The molecule has 8 heteroatoms. The third-order valence-corrected chi connectivity index (χ3v) is 5.77. The summed E-state index contributed by atoms with van der Waals surface area (Å²) in [6.07, 6.45) is 9.02. The Hall–Kier alpha value is -0.820. The van der Waals surface area contributed by atoms with Gasteiger partial charge in [0.1, 0.15) is 5.54 Å². The Bertz CT molecular complexity index is 557. The van der Waals surface area contributed by atoms with Gasteiger partial charge in [0.05, 0.1) is 0 Å². The lowest BCUT2D eigenvalue weighted by Gasteiger charge is -2.37. The lowest BCUT2D eigenvalue weighted by Crippen LogP contribution is -2.56. The van der Waals surface area contributed by atoms with E-state index in [0.717, 1.165) is 44.9 Å². The standard InChI is InChI=1S/C17H27N5O.2ClH/c1-13-11-14(12-21(13)15-3-4-15)20-16(23)17(5-8-18-9-6-17)22-10-2-7-19-22;;/h2,7,10,13-15,18H,3-6,8-9,11-12H2,1H3,(H,20,23);2*1H. The van der Waals surface area contributed by atoms with Gasteiger partial charge in [-0.2, -0.15) is 5.10 Å². The van der Waals surface area contributed by atoms with Crippen LogP contribution in [0.1, 0.15) is 39.0 Å². The summed E-state index contributed by atoms with van der Waals surface area (Å²) in [4.78, 5) is 15.7. The number of nitrogens with one attached hydrogen (secondary N) is 2. The van der Waals surface area contributed by atoms with E-state index >= 15 is 0 Å². The Morgan fingerprint density at radius 1 is 1.28 bits per heavy atom. The molecule has 1 aliphatic carbocycles. The summed E-state index contributed by atoms with van der Waals surface area (Å²) in [6.45, 7) is 5.02. The molecule has 1 aromatic rings. The van der Waals surface area contributed by atoms with E-state index in [-0.39, 0.29) is 36.8 Å². The van der Waals surface area contributed by atoms with Crippen molar-refractivity contribution in [3.8, 4) is 0 Å². The SMILES string of the molecule is CC1CC(NC(=O)C2(n3cccn3)CCNCC2)CN1C1CC1.Cl.Cl. The van der Waals surface area contributed by atoms with Crippen LogP contribution in [0, 0.1) is 0 Å². The molecule has 1 aromatic heterocycles. The highest BCUT2D eigenvalue weighted by atomic mass is 35.5. The van der Waals surface area contributed by atoms with Crippen LogP contribution in [0.4, 0.5) is 0 Å². The van der Waals surface area contributed by atoms with E-state index < -0.39 is 5.54 Å². The number of aromatic nitrogens is 2. The smallest absolute Gasteiger partial charge is 0.248 e. The molecular formula is C17H29Cl2N5O. The highest BCUT2D eigenvalue weighted by Gasteiger charge is 2.45. The number of halogens is 2. The Kier molecular flexibility index (Phi) is 6.76. The number of hydrogen-bond acceptors (Lipinski definition) is 4. The topological polar surface area (TPSA) is 62.2 Å². The predicted molar refractivity (Wildman–Crippen MR) is 103 cm³/mol. The lowest BCUT2D eigenvalue weighted by molar-refractivity contribution is -0.132. The van der Waals surface area contributed by atoms with Gasteiger partial charge in [-0.05, 0) is 58.2 Å². The van der Waals surface area contributed by atoms with Gasteiger partial charge in [0.25, 0.3) is 0 Å². The molecule has 25 heavy (non-hydrogen) atoms. The van der Waals surface area contributed by atoms with Crippen molar-refractivity contribution in [2.24, 2.45) is 0 Å². The molecule has 2 N–H and O–H groups in total. The molecular weight excluding hydrogens is 361 g/mol. The first-order valence-electron chi connectivity index (χ1n) is 8.96. The number of hydrogen-bond donors (Lipinski definition) is 2. The van der Waals surface area contributed by atoms with Crippen LogP contribution < -0.4 is 10.6 Å². The van der Waals surface area contributed by atoms with Crippen LogP contribution in [0.3, 0.4) is 0 Å². The highest BCUT2D eigenvalue weighted by molar-refractivity contribution is 5.86. The second-order valence-corrected chi connectivity index (χ2v) is 7.42. The monoisotopic (exact) mass is 389 g/mol. The first-order valence-corrected chi connectivity index (χ1v) is 8.96. The Morgan fingerprint density at radius 2 is 2.00 bits per heavy atom. The molecule has 3 fully saturated rings. The first-order chi connectivity index (χ1) is 11.2. The quantitative estimate of drug-likeness (QED) is 0.819. The number of nitrogens with zero attached hydrogens (tertiary/aromatic N) is 3. The van der Waals surface area contributed by atoms with Crippen LogP contribution in [0.25, 0.3) is 0 Å². The number of likely N-dealkylation sites (tertiary alicyclic amines) is 1. The summed E-state index contributed by atoms with van der Waals surface area (Å²) < 4.78 is 1.88. The molecule has 3 heterocycles. The zero-order chi connectivity index (χ0) is 15.9. The second-order valence-electron chi connectivity index (χ2n) is 7.42. The summed E-state index contributed by atoms with van der Waals surface area (Å²) in [6, 6.07) is 3.54. The van der Waals surface area contributed by atoms with Crippen molar-refractivity contribution in [3.63, 3.8) is 0 Å². The molecule has 6 nitrogen and oxygen atoms in total. The molecule has 0 spiro atoms. The van der Waals surface area contributed by atoms with Crippen molar-refractivity contribution in [1.29, 1.82) is 0 Å². The molecule has 3 aliphatic rings. The predicted octanol–water partition coefficient (Wildman–Crippen LogP) is 1.55. The van der Waals surface area contributed by atoms with E-state index in [0.29, 0.717) is 6.04 Å². The molecule has 2 unspecified atom stereocenters. The Morgan fingerprint density at radius 3 is 2.60 bits per heavy atom. The van der Waals surface area contributed by atoms with Crippen LogP contribution in [-0.2, 0) is 10.3 Å². The van der Waals surface area contributed by atoms with Gasteiger partial charge in [-0.1, -0.05) is 0 Å². The summed E-state index contributed by atoms with van der Waals surface area (Å²) >= 11 is 0. The Labute approximate surface area is 161 Å². The fourth-order valence-electron chi connectivity index (χ4n) is 4.32. The van der Waals surface area contributed by atoms with Gasteiger partial charge in [-0.3, -0.25) is 14.4 Å². The average molecular weight is 390 g/mol. The van der Waals surface area contributed by atoms with E-state index in [1.807, 2.05) is 16.9 Å². The number of carbonyl (C=O) groups is 1. The molecule has 2 saturated heterocycles. The zero-order valence-electron chi connectivity index (χ0n) is 14.7. The van der Waals surface area contributed by atoms with Gasteiger partial charge < -0.3 is 10.6 Å². The molecule has 142 valence electrons. The van der Waals surface area contributed by atoms with Crippen molar-refractivity contribution in [2.45, 2.75) is 62.7 Å². The number of carbonyl (C=O) groups excluding carboxylic acids is 1. The second kappa shape index (κ2) is 8.25. The third-order valence-electron chi connectivity index (χ3n) is 5.77. The van der Waals surface area contributed by atoms with E-state index in [2.05, 4.69) is 27.6 Å². The van der Waals surface area contributed by atoms with Gasteiger partial charge in [-0.25, -0.2) is 0 Å². The Balaban J connectivity index is 0.00000113. The van der Waals surface area contributed by atoms with Crippen molar-refractivity contribution in [1.82, 2.24) is 25.3 Å². The third kappa shape index (κ3) is 3.97. The minimum absolute atomic E-state index is 0. The molecule has 0 bridgehead atoms. The fraction of sp³-hybridized carbons (Fsp3) is 0.765. The molecule has 2 aliphatic heterocycles. The summed E-state index contributed by atoms with van der Waals surface area (Å²) in [5.74, 6) is 0.151. The van der Waals surface area contributed by atoms with Crippen molar-refractivity contribution < 1.29 is 4.79 Å². The molecule has 1 saturated carbocycles. The average Bonchev–Trinajstić information content (AvgIpc) is 3.11. The van der Waals surface area contributed by atoms with E-state index in [4.69, 9.17) is 0 Å². The fourth-order valence-corrected chi connectivity index (χ4v) is 4.32. The van der Waals surface area contributed by atoms with Gasteiger partial charge in [0.2, 0.25) is 5.91 Å². The number of amides is 1. The van der Waals surface area contributed by atoms with Crippen LogP contribution in [0.5, 0.6) is 0 Å². The highest BCUT2D eigenvalue weighted by Crippen LogP contribution is 2.34. The van der Waals surface area contributed by atoms with Gasteiger partial charge in [0, 0.05) is 37.1 Å². The van der Waals surface area contributed by atoms with Gasteiger partial charge in [-0.15, -0.1) is 24.8 Å². The van der Waals surface area contributed by atoms with E-state index in [1.165, 1.54) is 12.8 Å². The maximum Gasteiger partial charge on any atom is 0.248 e. The number of rotatable bonds is 4. The normalized spacial score (nSPS) is 28.7. The lowest BCUT2D eigenvalue weighted by atomic mass is 9.87. The summed E-state index contributed by atoms with van der Waals surface area (Å²) in [7, 11) is 0. The van der Waals surface area contributed by atoms with Crippen LogP contribution in [-0.4, -0.2) is 58.3 Å². The van der Waals surface area contributed by atoms with Gasteiger partial charge in [0.15, 0.2) is 0 Å². The van der Waals surface area contributed by atoms with Crippen molar-refractivity contribution >= 4 is 30.7 Å². The van der Waals surface area contributed by atoms with Crippen molar-refractivity contribution in [2.75, 3.05) is 19.6 Å². The molecule has 0 aromatic carbocycles. The number of piperidine rings is 1. The van der Waals surface area contributed by atoms with Crippen LogP contribution >= 0.6 is 24.8 Å². The van der Waals surface area contributed by atoms with E-state index in [9.17, 15) is 4.79 Å². The molecule has 4 rings (SSSR count). The molecule has 2 atom stereocenters. The first kappa shape index (κ1) is 20.5. The zero-order valence-corrected chi connectivity index (χ0v) is 16.3. The minimum Gasteiger partial charge on any atom is -0.350 e. The largest absolute Gasteiger partial charge is 0.350 e. The summed E-state index contributed by atoms with van der Waals surface area (Å²) in [5.41, 5.74) is -0.523. The van der Waals surface area contributed by atoms with Crippen molar-refractivity contribution in [3.05, 3.63) is 18.5 Å². The van der Waals surface area contributed by atoms with Crippen LogP contribution in [0.15, 0.2) is 18.5 Å². The molecule has 1 amide bonds. The van der Waals surface area contributed by atoms with E-state index in [1.54, 1.807) is 6.20 Å². The molecule has 0 radical (unpaired) electrons. The maximum atomic E-state index is 13.2. The van der Waals surface area contributed by atoms with Crippen LogP contribution in [0.2, 0.25) is 0 Å². The maximum absolute atomic E-state index is 13.2. The van der Waals surface area contributed by atoms with Gasteiger partial charge >= 0.3 is 0 Å². The summed E-state index contributed by atoms with van der Waals surface area (Å²) in [5, 5.41) is 11.1.